The van der Waals surface area contributed by atoms with Crippen molar-refractivity contribution >= 4 is 27.3 Å². The number of nitrogens with one attached hydrogen (secondary N) is 1. The minimum atomic E-state index is -3.74. The summed E-state index contributed by atoms with van der Waals surface area (Å²) in [5.74, 6) is -0.576. The summed E-state index contributed by atoms with van der Waals surface area (Å²) in [4.78, 5) is 0. The molecule has 0 spiro atoms. The van der Waals surface area contributed by atoms with E-state index in [0.29, 0.717) is 5.75 Å². The van der Waals surface area contributed by atoms with Gasteiger partial charge < -0.3 is 4.74 Å². The molecule has 0 aliphatic carbocycles. The fourth-order valence-corrected chi connectivity index (χ4v) is 3.23. The lowest BCUT2D eigenvalue weighted by atomic mass is 10.2. The summed E-state index contributed by atoms with van der Waals surface area (Å²) in [6.45, 7) is 0. The van der Waals surface area contributed by atoms with Crippen molar-refractivity contribution in [1.29, 1.82) is 0 Å². The second-order valence-corrected chi connectivity index (χ2v) is 6.43. The molecule has 0 radical (unpaired) electrons. The smallest absolute Gasteiger partial charge is 0.237 e. The van der Waals surface area contributed by atoms with E-state index < -0.39 is 21.6 Å². The fourth-order valence-electron chi connectivity index (χ4n) is 1.77. The third-order valence-corrected chi connectivity index (χ3v) is 4.26. The van der Waals surface area contributed by atoms with Crippen molar-refractivity contribution in [3.63, 3.8) is 0 Å². The number of rotatable bonds is 5. The largest absolute Gasteiger partial charge is 0.495 e. The van der Waals surface area contributed by atoms with Gasteiger partial charge in [0.1, 0.15) is 11.6 Å². The second kappa shape index (κ2) is 6.32. The van der Waals surface area contributed by atoms with E-state index in [1.54, 1.807) is 12.1 Å². The van der Waals surface area contributed by atoms with Crippen LogP contribution in [0.2, 0.25) is 5.02 Å². The van der Waals surface area contributed by atoms with Gasteiger partial charge in [0, 0.05) is 5.56 Å². The highest BCUT2D eigenvalue weighted by molar-refractivity contribution is 7.91. The molecule has 0 saturated carbocycles. The Hall–Kier alpha value is -1.79. The normalized spacial score (nSPS) is 11.2. The molecular weight excluding hydrogens is 317 g/mol. The van der Waals surface area contributed by atoms with Crippen LogP contribution in [0.15, 0.2) is 42.5 Å². The molecule has 0 fully saturated rings. The second-order valence-electron chi connectivity index (χ2n) is 4.30. The van der Waals surface area contributed by atoms with E-state index in [-0.39, 0.29) is 16.3 Å². The minimum Gasteiger partial charge on any atom is -0.495 e. The molecule has 0 aromatic heterocycles. The van der Waals surface area contributed by atoms with E-state index in [1.807, 2.05) is 0 Å². The molecule has 0 aliphatic heterocycles. The maximum Gasteiger partial charge on any atom is 0.237 e. The molecule has 21 heavy (non-hydrogen) atoms. The Morgan fingerprint density at radius 3 is 2.57 bits per heavy atom. The van der Waals surface area contributed by atoms with Crippen LogP contribution in [0.4, 0.5) is 10.1 Å². The van der Waals surface area contributed by atoms with Gasteiger partial charge in [-0.05, 0) is 24.3 Å². The highest BCUT2D eigenvalue weighted by Crippen LogP contribution is 2.28. The van der Waals surface area contributed by atoms with Gasteiger partial charge in [0.15, 0.2) is 0 Å². The van der Waals surface area contributed by atoms with Crippen molar-refractivity contribution in [3.05, 3.63) is 58.9 Å². The van der Waals surface area contributed by atoms with Crippen LogP contribution in [0.1, 0.15) is 5.56 Å². The van der Waals surface area contributed by atoms with Crippen molar-refractivity contribution in [2.24, 2.45) is 0 Å². The highest BCUT2D eigenvalue weighted by atomic mass is 35.5. The van der Waals surface area contributed by atoms with E-state index in [4.69, 9.17) is 16.3 Å². The van der Waals surface area contributed by atoms with E-state index in [2.05, 4.69) is 4.72 Å². The number of sulfonamides is 1. The van der Waals surface area contributed by atoms with Crippen LogP contribution in [-0.2, 0) is 15.8 Å². The number of anilines is 1. The topological polar surface area (TPSA) is 55.4 Å². The van der Waals surface area contributed by atoms with Crippen molar-refractivity contribution in [2.45, 2.75) is 5.75 Å². The Bertz CT molecular complexity index is 750. The average Bonchev–Trinajstić information content (AvgIpc) is 2.41. The lowest BCUT2D eigenvalue weighted by Crippen LogP contribution is -2.15. The van der Waals surface area contributed by atoms with Crippen molar-refractivity contribution in [3.8, 4) is 5.75 Å². The Labute approximate surface area is 127 Å². The summed E-state index contributed by atoms with van der Waals surface area (Å²) < 4.78 is 44.9. The molecule has 0 bridgehead atoms. The Morgan fingerprint density at radius 2 is 1.95 bits per heavy atom. The van der Waals surface area contributed by atoms with Gasteiger partial charge in [-0.2, -0.15) is 0 Å². The Kier molecular flexibility index (Phi) is 4.69. The maximum atomic E-state index is 13.5. The van der Waals surface area contributed by atoms with Crippen molar-refractivity contribution in [2.75, 3.05) is 11.8 Å². The lowest BCUT2D eigenvalue weighted by Gasteiger charge is -2.10. The molecule has 0 amide bonds. The number of hydrogen-bond acceptors (Lipinski definition) is 3. The van der Waals surface area contributed by atoms with E-state index in [1.165, 1.54) is 37.4 Å². The Balaban J connectivity index is 2.18. The first-order valence-electron chi connectivity index (χ1n) is 5.99. The molecule has 0 heterocycles. The SMILES string of the molecule is COc1ccc(NS(=O)(=O)Cc2ccccc2F)cc1Cl. The fraction of sp³-hybridized carbons (Fsp3) is 0.143. The molecular formula is C14H13ClFNO3S. The predicted octanol–water partition coefficient (Wildman–Crippen LogP) is 3.43. The molecule has 112 valence electrons. The third-order valence-electron chi connectivity index (χ3n) is 2.73. The maximum absolute atomic E-state index is 13.5. The monoisotopic (exact) mass is 329 g/mol. The summed E-state index contributed by atoms with van der Waals surface area (Å²) in [7, 11) is -2.27. The number of hydrogen-bond donors (Lipinski definition) is 1. The van der Waals surface area contributed by atoms with Gasteiger partial charge >= 0.3 is 0 Å². The van der Waals surface area contributed by atoms with Crippen LogP contribution in [0, 0.1) is 5.82 Å². The number of methoxy groups -OCH3 is 1. The van der Waals surface area contributed by atoms with Crippen molar-refractivity contribution < 1.29 is 17.5 Å². The summed E-state index contributed by atoms with van der Waals surface area (Å²) in [6, 6.07) is 10.2. The van der Waals surface area contributed by atoms with Crippen LogP contribution in [0.25, 0.3) is 0 Å². The first kappa shape index (κ1) is 15.6. The summed E-state index contributed by atoms with van der Waals surface area (Å²) in [5.41, 5.74) is 0.391. The van der Waals surface area contributed by atoms with Crippen molar-refractivity contribution in [1.82, 2.24) is 0 Å². The number of halogens is 2. The van der Waals surface area contributed by atoms with Gasteiger partial charge in [0.2, 0.25) is 10.0 Å². The number of ether oxygens (including phenoxy) is 1. The van der Waals surface area contributed by atoms with Crippen LogP contribution in [0.5, 0.6) is 5.75 Å². The van der Waals surface area contributed by atoms with E-state index in [9.17, 15) is 12.8 Å². The predicted molar refractivity (Wildman–Crippen MR) is 80.7 cm³/mol. The standard InChI is InChI=1S/C14H13ClFNO3S/c1-20-14-7-6-11(8-12(14)15)17-21(18,19)9-10-4-2-3-5-13(10)16/h2-8,17H,9H2,1H3. The van der Waals surface area contributed by atoms with Crippen LogP contribution < -0.4 is 9.46 Å². The zero-order chi connectivity index (χ0) is 15.5. The van der Waals surface area contributed by atoms with Gasteiger partial charge in [0.05, 0.1) is 23.6 Å². The molecule has 2 aromatic carbocycles. The first-order chi connectivity index (χ1) is 9.91. The van der Waals surface area contributed by atoms with Gasteiger partial charge in [-0.1, -0.05) is 29.8 Å². The summed E-state index contributed by atoms with van der Waals surface area (Å²) >= 11 is 5.92. The zero-order valence-electron chi connectivity index (χ0n) is 11.1. The number of benzene rings is 2. The van der Waals surface area contributed by atoms with Crippen LogP contribution in [0.3, 0.4) is 0 Å². The first-order valence-corrected chi connectivity index (χ1v) is 8.02. The van der Waals surface area contributed by atoms with Gasteiger partial charge in [-0.25, -0.2) is 12.8 Å². The third kappa shape index (κ3) is 4.09. The molecule has 2 rings (SSSR count). The summed E-state index contributed by atoms with van der Waals surface area (Å²) in [5, 5.41) is 0.281. The van der Waals surface area contributed by atoms with Crippen LogP contribution in [-0.4, -0.2) is 15.5 Å². The minimum absolute atomic E-state index is 0.101. The molecule has 0 atom stereocenters. The molecule has 1 N–H and O–H groups in total. The average molecular weight is 330 g/mol. The van der Waals surface area contributed by atoms with E-state index in [0.717, 1.165) is 0 Å². The highest BCUT2D eigenvalue weighted by Gasteiger charge is 2.15. The quantitative estimate of drug-likeness (QED) is 0.914. The van der Waals surface area contributed by atoms with Crippen LogP contribution >= 0.6 is 11.6 Å². The molecule has 0 unspecified atom stereocenters. The molecule has 0 aliphatic rings. The Morgan fingerprint density at radius 1 is 1.24 bits per heavy atom. The van der Waals surface area contributed by atoms with E-state index >= 15 is 0 Å². The van der Waals surface area contributed by atoms with Gasteiger partial charge in [-0.3, -0.25) is 4.72 Å². The van der Waals surface area contributed by atoms with Gasteiger partial charge in [0.25, 0.3) is 0 Å². The summed E-state index contributed by atoms with van der Waals surface area (Å²) in [6.07, 6.45) is 0. The molecule has 0 saturated heterocycles. The lowest BCUT2D eigenvalue weighted by molar-refractivity contribution is 0.415. The molecule has 4 nitrogen and oxygen atoms in total. The zero-order valence-corrected chi connectivity index (χ0v) is 12.7. The molecule has 2 aromatic rings. The molecule has 7 heteroatoms. The van der Waals surface area contributed by atoms with Gasteiger partial charge in [-0.15, -0.1) is 0 Å².